The van der Waals surface area contributed by atoms with Gasteiger partial charge in [-0.1, -0.05) is 0 Å². The van der Waals surface area contributed by atoms with E-state index < -0.39 is 18.0 Å². The number of halogens is 3. The van der Waals surface area contributed by atoms with Gasteiger partial charge in [0.1, 0.15) is 5.01 Å². The fraction of sp³-hybridized carbons (Fsp3) is 0.438. The highest BCUT2D eigenvalue weighted by Gasteiger charge is 2.34. The number of aromatic nitrogens is 1. The molecule has 1 aromatic carbocycles. The molecular formula is C16H21F3N4O2S. The van der Waals surface area contributed by atoms with Crippen LogP contribution in [-0.2, 0) is 10.9 Å². The fourth-order valence-corrected chi connectivity index (χ4v) is 2.99. The molecule has 2 aromatic rings. The Kier molecular flexibility index (Phi) is 6.81. The summed E-state index contributed by atoms with van der Waals surface area (Å²) >= 11 is 1.20. The SMILES string of the molecule is COCCNc1ccc(NC(O)c2cnc(C(C)N)s2)cc1C(F)(F)F. The van der Waals surface area contributed by atoms with Gasteiger partial charge in [0, 0.05) is 31.2 Å². The van der Waals surface area contributed by atoms with Gasteiger partial charge in [0.05, 0.1) is 23.1 Å². The number of ether oxygens (including phenoxy) is 1. The number of benzene rings is 1. The number of methoxy groups -OCH3 is 1. The number of aliphatic hydroxyl groups excluding tert-OH is 1. The van der Waals surface area contributed by atoms with Crippen molar-refractivity contribution in [2.75, 3.05) is 30.9 Å². The van der Waals surface area contributed by atoms with Crippen molar-refractivity contribution in [3.8, 4) is 0 Å². The number of nitrogens with one attached hydrogen (secondary N) is 2. The summed E-state index contributed by atoms with van der Waals surface area (Å²) in [5.41, 5.74) is 4.98. The topological polar surface area (TPSA) is 92.4 Å². The standard InChI is InChI=1S/C16H21F3N4O2S/c1-9(20)15-22-8-13(26-15)14(24)23-10-3-4-12(21-5-6-25-2)11(7-10)16(17,18)19/h3-4,7-9,14,21,23-24H,5-6,20H2,1-2H3. The van der Waals surface area contributed by atoms with Crippen LogP contribution in [0.2, 0.25) is 0 Å². The molecule has 144 valence electrons. The van der Waals surface area contributed by atoms with Gasteiger partial charge in [0.25, 0.3) is 0 Å². The molecule has 2 rings (SSSR count). The van der Waals surface area contributed by atoms with E-state index in [1.165, 1.54) is 36.8 Å². The van der Waals surface area contributed by atoms with Gasteiger partial charge in [-0.15, -0.1) is 11.3 Å². The second-order valence-electron chi connectivity index (χ2n) is 5.61. The second kappa shape index (κ2) is 8.67. The van der Waals surface area contributed by atoms with E-state index in [1.807, 2.05) is 0 Å². The third-order valence-corrected chi connectivity index (χ3v) is 4.70. The van der Waals surface area contributed by atoms with Gasteiger partial charge >= 0.3 is 6.18 Å². The van der Waals surface area contributed by atoms with Crippen molar-refractivity contribution in [3.63, 3.8) is 0 Å². The molecule has 0 saturated heterocycles. The number of thiazole rings is 1. The second-order valence-corrected chi connectivity index (χ2v) is 6.71. The van der Waals surface area contributed by atoms with E-state index in [0.717, 1.165) is 6.07 Å². The molecular weight excluding hydrogens is 369 g/mol. The Morgan fingerprint density at radius 1 is 1.38 bits per heavy atom. The molecule has 0 aliphatic heterocycles. The maximum atomic E-state index is 13.3. The zero-order valence-electron chi connectivity index (χ0n) is 14.3. The monoisotopic (exact) mass is 390 g/mol. The summed E-state index contributed by atoms with van der Waals surface area (Å²) in [6.45, 7) is 2.28. The Hall–Kier alpha value is -1.88. The number of rotatable bonds is 8. The van der Waals surface area contributed by atoms with Crippen LogP contribution in [0.1, 0.15) is 34.6 Å². The van der Waals surface area contributed by atoms with E-state index in [2.05, 4.69) is 15.6 Å². The van der Waals surface area contributed by atoms with Gasteiger partial charge in [-0.3, -0.25) is 0 Å². The van der Waals surface area contributed by atoms with Crippen molar-refractivity contribution in [2.45, 2.75) is 25.4 Å². The van der Waals surface area contributed by atoms with Crippen LogP contribution in [0.5, 0.6) is 0 Å². The first-order valence-electron chi connectivity index (χ1n) is 7.82. The van der Waals surface area contributed by atoms with E-state index in [9.17, 15) is 18.3 Å². The van der Waals surface area contributed by atoms with E-state index in [-0.39, 0.29) is 30.6 Å². The Bertz CT molecular complexity index is 722. The maximum Gasteiger partial charge on any atom is 0.418 e. The highest BCUT2D eigenvalue weighted by molar-refractivity contribution is 7.11. The average Bonchev–Trinajstić information content (AvgIpc) is 3.05. The number of hydrogen-bond donors (Lipinski definition) is 4. The van der Waals surface area contributed by atoms with Crippen molar-refractivity contribution in [1.82, 2.24) is 4.98 Å². The zero-order valence-corrected chi connectivity index (χ0v) is 15.1. The lowest BCUT2D eigenvalue weighted by atomic mass is 10.1. The van der Waals surface area contributed by atoms with Crippen LogP contribution in [0.15, 0.2) is 24.4 Å². The summed E-state index contributed by atoms with van der Waals surface area (Å²) in [5.74, 6) is 0. The Labute approximate surface area is 153 Å². The summed E-state index contributed by atoms with van der Waals surface area (Å²) in [6.07, 6.45) is -4.27. The van der Waals surface area contributed by atoms with E-state index in [1.54, 1.807) is 6.92 Å². The molecule has 2 atom stereocenters. The van der Waals surface area contributed by atoms with Crippen molar-refractivity contribution in [3.05, 3.63) is 39.8 Å². The summed E-state index contributed by atoms with van der Waals surface area (Å²) < 4.78 is 44.8. The first-order valence-corrected chi connectivity index (χ1v) is 8.64. The lowest BCUT2D eigenvalue weighted by Gasteiger charge is -2.18. The van der Waals surface area contributed by atoms with Gasteiger partial charge in [-0.2, -0.15) is 13.2 Å². The summed E-state index contributed by atoms with van der Waals surface area (Å²) in [6, 6.07) is 3.44. The third-order valence-electron chi connectivity index (χ3n) is 3.45. The number of hydrogen-bond acceptors (Lipinski definition) is 7. The minimum Gasteiger partial charge on any atom is -0.383 e. The van der Waals surface area contributed by atoms with E-state index in [0.29, 0.717) is 9.88 Å². The van der Waals surface area contributed by atoms with Gasteiger partial charge in [-0.25, -0.2) is 4.98 Å². The predicted octanol–water partition coefficient (Wildman–Crippen LogP) is 3.34. The molecule has 5 N–H and O–H groups in total. The average molecular weight is 390 g/mol. The minimum absolute atomic E-state index is 0.0494. The number of nitrogens with zero attached hydrogens (tertiary/aromatic N) is 1. The van der Waals surface area contributed by atoms with Gasteiger partial charge in [0.2, 0.25) is 0 Å². The quantitative estimate of drug-likeness (QED) is 0.408. The predicted molar refractivity (Wildman–Crippen MR) is 95.1 cm³/mol. The lowest BCUT2D eigenvalue weighted by molar-refractivity contribution is -0.136. The number of anilines is 2. The third kappa shape index (κ3) is 5.31. The van der Waals surface area contributed by atoms with Crippen molar-refractivity contribution in [1.29, 1.82) is 0 Å². The van der Waals surface area contributed by atoms with Crippen molar-refractivity contribution >= 4 is 22.7 Å². The first-order chi connectivity index (χ1) is 12.2. The fourth-order valence-electron chi connectivity index (χ4n) is 2.18. The molecule has 26 heavy (non-hydrogen) atoms. The van der Waals surface area contributed by atoms with Crippen molar-refractivity contribution < 1.29 is 23.0 Å². The maximum absolute atomic E-state index is 13.3. The van der Waals surface area contributed by atoms with Crippen molar-refractivity contribution in [2.24, 2.45) is 5.73 Å². The van der Waals surface area contributed by atoms with E-state index >= 15 is 0 Å². The molecule has 10 heteroatoms. The van der Waals surface area contributed by atoms with Crippen LogP contribution < -0.4 is 16.4 Å². The first kappa shape index (κ1) is 20.4. The molecule has 0 saturated carbocycles. The summed E-state index contributed by atoms with van der Waals surface area (Å²) in [4.78, 5) is 4.55. The number of alkyl halides is 3. The van der Waals surface area contributed by atoms with Crippen LogP contribution in [0.3, 0.4) is 0 Å². The van der Waals surface area contributed by atoms with Gasteiger partial charge < -0.3 is 26.2 Å². The van der Waals surface area contributed by atoms with Gasteiger partial charge in [-0.05, 0) is 25.1 Å². The molecule has 0 bridgehead atoms. The number of aliphatic hydroxyl groups is 1. The Morgan fingerprint density at radius 3 is 2.69 bits per heavy atom. The summed E-state index contributed by atoms with van der Waals surface area (Å²) in [5, 5.41) is 16.2. The molecule has 0 fully saturated rings. The van der Waals surface area contributed by atoms with Crippen LogP contribution in [0.25, 0.3) is 0 Å². The zero-order chi connectivity index (χ0) is 19.3. The van der Waals surface area contributed by atoms with Crippen LogP contribution >= 0.6 is 11.3 Å². The molecule has 0 aliphatic rings. The molecule has 1 heterocycles. The van der Waals surface area contributed by atoms with Gasteiger partial charge in [0.15, 0.2) is 6.23 Å². The Balaban J connectivity index is 2.18. The van der Waals surface area contributed by atoms with Crippen LogP contribution in [0.4, 0.5) is 24.5 Å². The van der Waals surface area contributed by atoms with Crippen LogP contribution in [-0.4, -0.2) is 30.4 Å². The minimum atomic E-state index is -4.54. The van der Waals surface area contributed by atoms with E-state index in [4.69, 9.17) is 10.5 Å². The summed E-state index contributed by atoms with van der Waals surface area (Å²) in [7, 11) is 1.47. The molecule has 0 amide bonds. The molecule has 6 nitrogen and oxygen atoms in total. The van der Waals surface area contributed by atoms with Crippen LogP contribution in [0, 0.1) is 0 Å². The normalized spacial score (nSPS) is 14.1. The highest BCUT2D eigenvalue weighted by atomic mass is 32.1. The molecule has 0 spiro atoms. The number of nitrogens with two attached hydrogens (primary N) is 1. The lowest BCUT2D eigenvalue weighted by Crippen LogP contribution is -2.15. The molecule has 0 radical (unpaired) electrons. The smallest absolute Gasteiger partial charge is 0.383 e. The largest absolute Gasteiger partial charge is 0.418 e. The Morgan fingerprint density at radius 2 is 2.12 bits per heavy atom. The molecule has 1 aromatic heterocycles. The highest BCUT2D eigenvalue weighted by Crippen LogP contribution is 2.37. The molecule has 2 unspecified atom stereocenters. The molecule has 0 aliphatic carbocycles.